The lowest BCUT2D eigenvalue weighted by atomic mass is 9.88. The molecule has 3 heterocycles. The highest BCUT2D eigenvalue weighted by Gasteiger charge is 2.55. The van der Waals surface area contributed by atoms with Crippen molar-refractivity contribution in [2.24, 2.45) is 17.8 Å². The fourth-order valence-corrected chi connectivity index (χ4v) is 4.74. The molecule has 9 heteroatoms. The average Bonchev–Trinajstić information content (AvgIpc) is 3.30. The van der Waals surface area contributed by atoms with E-state index in [-0.39, 0.29) is 30.5 Å². The lowest BCUT2D eigenvalue weighted by Gasteiger charge is -2.31. The monoisotopic (exact) mass is 399 g/mol. The van der Waals surface area contributed by atoms with Gasteiger partial charge in [-0.15, -0.1) is 0 Å². The molecule has 0 bridgehead atoms. The lowest BCUT2D eigenvalue weighted by molar-refractivity contribution is -0.143. The summed E-state index contributed by atoms with van der Waals surface area (Å²) >= 11 is 0. The molecule has 4 atom stereocenters. The summed E-state index contributed by atoms with van der Waals surface area (Å²) in [6, 6.07) is 3.42. The molecule has 6 nitrogen and oxygen atoms in total. The molecule has 2 N–H and O–H groups in total. The molecular formula is C19H24F3N3O3. The van der Waals surface area contributed by atoms with Gasteiger partial charge in [0.2, 0.25) is 5.91 Å². The van der Waals surface area contributed by atoms with Crippen LogP contribution in [0.2, 0.25) is 0 Å². The first-order chi connectivity index (χ1) is 13.3. The van der Waals surface area contributed by atoms with E-state index in [1.165, 1.54) is 6.07 Å². The van der Waals surface area contributed by atoms with Gasteiger partial charge in [0.05, 0.1) is 18.5 Å². The fourth-order valence-electron chi connectivity index (χ4n) is 4.74. The maximum absolute atomic E-state index is 13.0. The molecule has 1 amide bonds. The van der Waals surface area contributed by atoms with E-state index in [0.717, 1.165) is 12.8 Å². The van der Waals surface area contributed by atoms with Gasteiger partial charge in [0.1, 0.15) is 0 Å². The van der Waals surface area contributed by atoms with Crippen molar-refractivity contribution in [2.45, 2.75) is 44.1 Å². The number of halogens is 3. The number of amides is 1. The Balaban J connectivity index is 1.65. The first-order valence-electron chi connectivity index (χ1n) is 9.71. The SMILES string of the molecule is O=C(NCC1CC1)[C@H]1[C@H](CO)[C@H]2Cn3c(cccc3=O)[C@H]2N1CCC(F)(F)F. The highest BCUT2D eigenvalue weighted by Crippen LogP contribution is 2.49. The molecule has 4 rings (SSSR count). The number of fused-ring (bicyclic) bond motifs is 3. The Labute approximate surface area is 160 Å². The predicted octanol–water partition coefficient (Wildman–Crippen LogP) is 1.29. The number of nitrogens with one attached hydrogen (secondary N) is 1. The van der Waals surface area contributed by atoms with Gasteiger partial charge in [-0.2, -0.15) is 13.2 Å². The van der Waals surface area contributed by atoms with Crippen LogP contribution < -0.4 is 10.9 Å². The van der Waals surface area contributed by atoms with Crippen molar-refractivity contribution >= 4 is 5.91 Å². The molecule has 2 fully saturated rings. The minimum Gasteiger partial charge on any atom is -0.396 e. The van der Waals surface area contributed by atoms with Gasteiger partial charge in [-0.1, -0.05) is 6.07 Å². The molecule has 28 heavy (non-hydrogen) atoms. The van der Waals surface area contributed by atoms with Crippen LogP contribution in [0.25, 0.3) is 0 Å². The molecule has 1 aromatic heterocycles. The summed E-state index contributed by atoms with van der Waals surface area (Å²) in [5.41, 5.74) is 0.407. The quantitative estimate of drug-likeness (QED) is 0.756. The van der Waals surface area contributed by atoms with E-state index in [4.69, 9.17) is 0 Å². The second-order valence-corrected chi connectivity index (χ2v) is 8.09. The van der Waals surface area contributed by atoms with Crippen LogP contribution in [0.15, 0.2) is 23.0 Å². The third-order valence-corrected chi connectivity index (χ3v) is 6.25. The molecule has 3 aliphatic rings. The maximum Gasteiger partial charge on any atom is 0.390 e. The number of hydrogen-bond acceptors (Lipinski definition) is 4. The Morgan fingerprint density at radius 3 is 2.68 bits per heavy atom. The maximum atomic E-state index is 13.0. The Morgan fingerprint density at radius 1 is 1.29 bits per heavy atom. The van der Waals surface area contributed by atoms with Crippen molar-refractivity contribution < 1.29 is 23.1 Å². The summed E-state index contributed by atoms with van der Waals surface area (Å²) < 4.78 is 40.4. The number of aliphatic hydroxyl groups excluding tert-OH is 1. The second kappa shape index (κ2) is 7.18. The Kier molecular flexibility index (Phi) is 4.99. The fraction of sp³-hybridized carbons (Fsp3) is 0.684. The standard InChI is InChI=1S/C19H24F3N3O3/c20-19(21,22)6-7-24-16-12(9-25-14(16)2-1-3-15(25)27)13(10-26)17(24)18(28)23-8-11-4-5-11/h1-3,11-13,16-17,26H,4-10H2,(H,23,28)/t12-,13-,16+,17-/m1/s1. The van der Waals surface area contributed by atoms with Crippen LogP contribution in [0.3, 0.4) is 0 Å². The number of carbonyl (C=O) groups excluding carboxylic acids is 1. The number of pyridine rings is 1. The lowest BCUT2D eigenvalue weighted by Crippen LogP contribution is -2.49. The summed E-state index contributed by atoms with van der Waals surface area (Å²) in [6.45, 7) is 0.172. The highest BCUT2D eigenvalue weighted by atomic mass is 19.4. The predicted molar refractivity (Wildman–Crippen MR) is 94.4 cm³/mol. The molecule has 0 unspecified atom stereocenters. The van der Waals surface area contributed by atoms with Crippen molar-refractivity contribution in [2.75, 3.05) is 19.7 Å². The van der Waals surface area contributed by atoms with E-state index < -0.39 is 30.6 Å². The van der Waals surface area contributed by atoms with Gasteiger partial charge in [0, 0.05) is 49.8 Å². The van der Waals surface area contributed by atoms with E-state index in [1.807, 2.05) is 0 Å². The zero-order valence-corrected chi connectivity index (χ0v) is 15.4. The molecule has 0 spiro atoms. The molecule has 1 saturated carbocycles. The number of rotatable bonds is 6. The van der Waals surface area contributed by atoms with Crippen molar-refractivity contribution in [3.05, 3.63) is 34.2 Å². The van der Waals surface area contributed by atoms with E-state index in [2.05, 4.69) is 5.32 Å². The number of aromatic nitrogens is 1. The summed E-state index contributed by atoms with van der Waals surface area (Å²) in [7, 11) is 0. The Bertz CT molecular complexity index is 806. The molecule has 2 aliphatic heterocycles. The van der Waals surface area contributed by atoms with Crippen LogP contribution in [0.1, 0.15) is 31.0 Å². The molecule has 1 saturated heterocycles. The molecular weight excluding hydrogens is 375 g/mol. The molecule has 154 valence electrons. The number of likely N-dealkylation sites (tertiary alicyclic amines) is 1. The van der Waals surface area contributed by atoms with E-state index >= 15 is 0 Å². The minimum atomic E-state index is -4.35. The smallest absolute Gasteiger partial charge is 0.390 e. The average molecular weight is 399 g/mol. The topological polar surface area (TPSA) is 74.6 Å². The van der Waals surface area contributed by atoms with Crippen LogP contribution in [-0.4, -0.2) is 52.4 Å². The van der Waals surface area contributed by atoms with Gasteiger partial charge in [-0.05, 0) is 24.8 Å². The van der Waals surface area contributed by atoms with Gasteiger partial charge < -0.3 is 15.0 Å². The first-order valence-corrected chi connectivity index (χ1v) is 9.71. The zero-order chi connectivity index (χ0) is 20.1. The van der Waals surface area contributed by atoms with Crippen molar-refractivity contribution in [3.63, 3.8) is 0 Å². The zero-order valence-electron chi connectivity index (χ0n) is 15.4. The highest BCUT2D eigenvalue weighted by molar-refractivity contribution is 5.82. The number of aliphatic hydroxyl groups is 1. The van der Waals surface area contributed by atoms with Gasteiger partial charge in [-0.25, -0.2) is 0 Å². The van der Waals surface area contributed by atoms with Crippen LogP contribution in [0.5, 0.6) is 0 Å². The molecule has 1 aromatic rings. The van der Waals surface area contributed by atoms with Gasteiger partial charge >= 0.3 is 6.18 Å². The van der Waals surface area contributed by atoms with Crippen LogP contribution in [0.4, 0.5) is 13.2 Å². The van der Waals surface area contributed by atoms with Crippen LogP contribution in [-0.2, 0) is 11.3 Å². The van der Waals surface area contributed by atoms with Gasteiger partial charge in [-0.3, -0.25) is 14.5 Å². The van der Waals surface area contributed by atoms with Crippen molar-refractivity contribution in [1.29, 1.82) is 0 Å². The molecule has 0 radical (unpaired) electrons. The molecule has 1 aliphatic carbocycles. The largest absolute Gasteiger partial charge is 0.396 e. The number of carbonyl (C=O) groups is 1. The molecule has 0 aromatic carbocycles. The van der Waals surface area contributed by atoms with E-state index in [0.29, 0.717) is 24.7 Å². The number of nitrogens with zero attached hydrogens (tertiary/aromatic N) is 2. The first kappa shape index (κ1) is 19.4. The summed E-state index contributed by atoms with van der Waals surface area (Å²) in [5, 5.41) is 12.9. The Morgan fingerprint density at radius 2 is 2.04 bits per heavy atom. The number of hydrogen-bond donors (Lipinski definition) is 2. The summed E-state index contributed by atoms with van der Waals surface area (Å²) in [4.78, 5) is 26.6. The van der Waals surface area contributed by atoms with Gasteiger partial charge in [0.15, 0.2) is 0 Å². The number of alkyl halides is 3. The van der Waals surface area contributed by atoms with Crippen molar-refractivity contribution in [1.82, 2.24) is 14.8 Å². The van der Waals surface area contributed by atoms with Crippen molar-refractivity contribution in [3.8, 4) is 0 Å². The van der Waals surface area contributed by atoms with Crippen LogP contribution in [0, 0.1) is 17.8 Å². The second-order valence-electron chi connectivity index (χ2n) is 8.09. The van der Waals surface area contributed by atoms with E-state index in [9.17, 15) is 27.9 Å². The summed E-state index contributed by atoms with van der Waals surface area (Å²) in [6.07, 6.45) is -3.30. The van der Waals surface area contributed by atoms with Gasteiger partial charge in [0.25, 0.3) is 5.56 Å². The normalized spacial score (nSPS) is 29.6. The minimum absolute atomic E-state index is 0.214. The Hall–Kier alpha value is -1.87. The summed E-state index contributed by atoms with van der Waals surface area (Å²) in [5.74, 6) is -0.672. The third-order valence-electron chi connectivity index (χ3n) is 6.25. The third kappa shape index (κ3) is 3.57. The van der Waals surface area contributed by atoms with Crippen LogP contribution >= 0.6 is 0 Å². The van der Waals surface area contributed by atoms with E-state index in [1.54, 1.807) is 21.6 Å².